The van der Waals surface area contributed by atoms with Crippen LogP contribution in [0.15, 0.2) is 30.5 Å². The molecule has 0 aliphatic rings. The van der Waals surface area contributed by atoms with Crippen molar-refractivity contribution in [2.75, 3.05) is 0 Å². The van der Waals surface area contributed by atoms with Crippen molar-refractivity contribution in [2.24, 2.45) is 0 Å². The minimum atomic E-state index is -4.53. The van der Waals surface area contributed by atoms with Crippen molar-refractivity contribution in [3.63, 3.8) is 0 Å². The summed E-state index contributed by atoms with van der Waals surface area (Å²) in [5.41, 5.74) is -1.04. The first-order chi connectivity index (χ1) is 8.80. The number of nitrogens with zero attached hydrogens (tertiary/aromatic N) is 2. The van der Waals surface area contributed by atoms with Crippen LogP contribution in [0.5, 0.6) is 0 Å². The van der Waals surface area contributed by atoms with Gasteiger partial charge in [-0.15, -0.1) is 0 Å². The van der Waals surface area contributed by atoms with Gasteiger partial charge in [-0.1, -0.05) is 12.1 Å². The third-order valence-electron chi connectivity index (χ3n) is 2.59. The van der Waals surface area contributed by atoms with Crippen molar-refractivity contribution >= 4 is 5.97 Å². The number of aromatic nitrogens is 2. The summed E-state index contributed by atoms with van der Waals surface area (Å²) in [6, 6.07) is 4.86. The van der Waals surface area contributed by atoms with Gasteiger partial charge in [0.1, 0.15) is 5.56 Å². The van der Waals surface area contributed by atoms with Gasteiger partial charge in [0.05, 0.1) is 16.9 Å². The second kappa shape index (κ2) is 4.42. The van der Waals surface area contributed by atoms with Gasteiger partial charge in [-0.2, -0.15) is 18.3 Å². The third kappa shape index (κ3) is 2.44. The Labute approximate surface area is 106 Å². The van der Waals surface area contributed by atoms with E-state index in [1.807, 2.05) is 0 Å². The molecule has 0 atom stereocenters. The summed E-state index contributed by atoms with van der Waals surface area (Å²) in [6.07, 6.45) is -3.46. The molecule has 1 N–H and O–H groups in total. The van der Waals surface area contributed by atoms with Crippen LogP contribution >= 0.6 is 0 Å². The van der Waals surface area contributed by atoms with Gasteiger partial charge in [0.15, 0.2) is 0 Å². The zero-order chi connectivity index (χ0) is 14.2. The highest BCUT2D eigenvalue weighted by atomic mass is 19.4. The lowest BCUT2D eigenvalue weighted by molar-refractivity contribution is -0.137. The van der Waals surface area contributed by atoms with Crippen LogP contribution in [-0.4, -0.2) is 20.9 Å². The number of alkyl halides is 3. The molecule has 7 heteroatoms. The van der Waals surface area contributed by atoms with Crippen LogP contribution in [0.3, 0.4) is 0 Å². The Bertz CT molecular complexity index is 632. The average Bonchev–Trinajstić information content (AvgIpc) is 2.70. The molecular formula is C12H9F3N2O2. The van der Waals surface area contributed by atoms with Gasteiger partial charge in [-0.05, 0) is 19.1 Å². The molecule has 2 aromatic rings. The van der Waals surface area contributed by atoms with E-state index in [-0.39, 0.29) is 16.9 Å². The molecule has 0 amide bonds. The first-order valence-corrected chi connectivity index (χ1v) is 5.27. The monoisotopic (exact) mass is 270 g/mol. The Morgan fingerprint density at radius 2 is 1.95 bits per heavy atom. The van der Waals surface area contributed by atoms with Crippen molar-refractivity contribution in [2.45, 2.75) is 13.1 Å². The SMILES string of the molecule is Cc1nn(-c2ccccc2C(F)(F)F)cc1C(=O)O. The predicted octanol–water partition coefficient (Wildman–Crippen LogP) is 2.90. The number of aryl methyl sites for hydroxylation is 1. The van der Waals surface area contributed by atoms with Gasteiger partial charge in [-0.25, -0.2) is 9.48 Å². The molecule has 0 unspecified atom stereocenters. The molecule has 0 bridgehead atoms. The molecule has 0 spiro atoms. The number of benzene rings is 1. The van der Waals surface area contributed by atoms with Crippen LogP contribution in [0.2, 0.25) is 0 Å². The number of halogens is 3. The summed E-state index contributed by atoms with van der Waals surface area (Å²) in [7, 11) is 0. The van der Waals surface area contributed by atoms with Gasteiger partial charge < -0.3 is 5.11 Å². The highest BCUT2D eigenvalue weighted by molar-refractivity contribution is 5.88. The van der Waals surface area contributed by atoms with E-state index in [0.717, 1.165) is 16.9 Å². The van der Waals surface area contributed by atoms with Crippen LogP contribution in [-0.2, 0) is 6.18 Å². The van der Waals surface area contributed by atoms with E-state index in [1.54, 1.807) is 0 Å². The lowest BCUT2D eigenvalue weighted by atomic mass is 10.1. The maximum Gasteiger partial charge on any atom is 0.418 e. The van der Waals surface area contributed by atoms with Crippen molar-refractivity contribution in [3.8, 4) is 5.69 Å². The molecule has 0 saturated heterocycles. The van der Waals surface area contributed by atoms with Crippen molar-refractivity contribution in [1.82, 2.24) is 9.78 Å². The van der Waals surface area contributed by atoms with E-state index in [0.29, 0.717) is 0 Å². The number of hydrogen-bond acceptors (Lipinski definition) is 2. The zero-order valence-corrected chi connectivity index (χ0v) is 9.77. The molecule has 0 radical (unpaired) electrons. The number of carbonyl (C=O) groups is 1. The fourth-order valence-corrected chi connectivity index (χ4v) is 1.71. The fraction of sp³-hybridized carbons (Fsp3) is 0.167. The molecule has 1 aromatic heterocycles. The Balaban J connectivity index is 2.60. The maximum absolute atomic E-state index is 12.8. The molecule has 1 aromatic carbocycles. The smallest absolute Gasteiger partial charge is 0.418 e. The largest absolute Gasteiger partial charge is 0.478 e. The maximum atomic E-state index is 12.8. The molecule has 0 aliphatic heterocycles. The van der Waals surface area contributed by atoms with Crippen LogP contribution in [0, 0.1) is 6.92 Å². The lowest BCUT2D eigenvalue weighted by Crippen LogP contribution is -2.11. The van der Waals surface area contributed by atoms with E-state index in [1.165, 1.54) is 25.1 Å². The van der Waals surface area contributed by atoms with Crippen LogP contribution in [0.1, 0.15) is 21.6 Å². The van der Waals surface area contributed by atoms with Crippen molar-refractivity contribution in [1.29, 1.82) is 0 Å². The van der Waals surface area contributed by atoms with Gasteiger partial charge >= 0.3 is 12.1 Å². The molecule has 1 heterocycles. The second-order valence-corrected chi connectivity index (χ2v) is 3.89. The summed E-state index contributed by atoms with van der Waals surface area (Å²) in [5, 5.41) is 12.7. The van der Waals surface area contributed by atoms with E-state index in [2.05, 4.69) is 5.10 Å². The molecule has 4 nitrogen and oxygen atoms in total. The number of carboxylic acids is 1. The first-order valence-electron chi connectivity index (χ1n) is 5.27. The van der Waals surface area contributed by atoms with Crippen LogP contribution < -0.4 is 0 Å². The topological polar surface area (TPSA) is 55.1 Å². The highest BCUT2D eigenvalue weighted by Crippen LogP contribution is 2.33. The van der Waals surface area contributed by atoms with Gasteiger partial charge in [0.2, 0.25) is 0 Å². The number of rotatable bonds is 2. The Morgan fingerprint density at radius 3 is 2.47 bits per heavy atom. The van der Waals surface area contributed by atoms with E-state index in [4.69, 9.17) is 5.11 Å². The molecule has 19 heavy (non-hydrogen) atoms. The van der Waals surface area contributed by atoms with E-state index in [9.17, 15) is 18.0 Å². The first kappa shape index (κ1) is 13.1. The molecule has 100 valence electrons. The molecule has 0 saturated carbocycles. The minimum absolute atomic E-state index is 0.128. The standard InChI is InChI=1S/C12H9F3N2O2/c1-7-8(11(18)19)6-17(16-7)10-5-3-2-4-9(10)12(13,14)15/h2-6H,1H3,(H,18,19). The normalized spacial score (nSPS) is 11.6. The molecular weight excluding hydrogens is 261 g/mol. The van der Waals surface area contributed by atoms with Crippen LogP contribution in [0.4, 0.5) is 13.2 Å². The summed E-state index contributed by atoms with van der Waals surface area (Å²) >= 11 is 0. The van der Waals surface area contributed by atoms with Crippen LogP contribution in [0.25, 0.3) is 5.69 Å². The van der Waals surface area contributed by atoms with Gasteiger partial charge in [0.25, 0.3) is 0 Å². The molecule has 2 rings (SSSR count). The predicted molar refractivity (Wildman–Crippen MR) is 60.3 cm³/mol. The quantitative estimate of drug-likeness (QED) is 0.912. The fourth-order valence-electron chi connectivity index (χ4n) is 1.71. The summed E-state index contributed by atoms with van der Waals surface area (Å²) < 4.78 is 39.5. The number of aromatic carboxylic acids is 1. The summed E-state index contributed by atoms with van der Waals surface area (Å²) in [4.78, 5) is 10.9. The highest BCUT2D eigenvalue weighted by Gasteiger charge is 2.34. The Hall–Kier alpha value is -2.31. The summed E-state index contributed by atoms with van der Waals surface area (Å²) in [6.45, 7) is 1.43. The Morgan fingerprint density at radius 1 is 1.32 bits per heavy atom. The average molecular weight is 270 g/mol. The lowest BCUT2D eigenvalue weighted by Gasteiger charge is -2.12. The zero-order valence-electron chi connectivity index (χ0n) is 9.77. The third-order valence-corrected chi connectivity index (χ3v) is 2.59. The number of para-hydroxylation sites is 1. The van der Waals surface area contributed by atoms with Gasteiger partial charge in [-0.3, -0.25) is 0 Å². The van der Waals surface area contributed by atoms with E-state index >= 15 is 0 Å². The number of carboxylic acid groups (broad SMARTS) is 1. The van der Waals surface area contributed by atoms with Crippen molar-refractivity contribution < 1.29 is 23.1 Å². The second-order valence-electron chi connectivity index (χ2n) is 3.89. The minimum Gasteiger partial charge on any atom is -0.478 e. The van der Waals surface area contributed by atoms with E-state index < -0.39 is 17.7 Å². The Kier molecular flexibility index (Phi) is 3.05. The molecule has 0 aliphatic carbocycles. The van der Waals surface area contributed by atoms with Crippen molar-refractivity contribution in [3.05, 3.63) is 47.3 Å². The van der Waals surface area contributed by atoms with Gasteiger partial charge in [0, 0.05) is 6.20 Å². The summed E-state index contributed by atoms with van der Waals surface area (Å²) in [5.74, 6) is -1.23. The number of hydrogen-bond donors (Lipinski definition) is 1. The molecule has 0 fully saturated rings.